The van der Waals surface area contributed by atoms with Crippen molar-refractivity contribution in [1.82, 2.24) is 0 Å². The fourth-order valence-electron chi connectivity index (χ4n) is 3.66. The first-order chi connectivity index (χ1) is 10.4. The average molecular weight is 270 g/mol. The van der Waals surface area contributed by atoms with Gasteiger partial charge in [0, 0.05) is 0 Å². The lowest BCUT2D eigenvalue weighted by Crippen LogP contribution is -2.19. The van der Waals surface area contributed by atoms with Crippen LogP contribution in [-0.4, -0.2) is 6.61 Å². The molecule has 0 amide bonds. The predicted octanol–water partition coefficient (Wildman–Crippen LogP) is 4.80. The second-order valence-electron chi connectivity index (χ2n) is 5.75. The van der Waals surface area contributed by atoms with Gasteiger partial charge in [0.2, 0.25) is 0 Å². The van der Waals surface area contributed by atoms with E-state index in [1.54, 1.807) is 0 Å². The van der Waals surface area contributed by atoms with Crippen LogP contribution in [0.25, 0.3) is 27.6 Å². The van der Waals surface area contributed by atoms with Crippen molar-refractivity contribution < 1.29 is 4.74 Å². The van der Waals surface area contributed by atoms with Crippen molar-refractivity contribution in [2.24, 2.45) is 0 Å². The Hall–Kier alpha value is -2.38. The van der Waals surface area contributed by atoms with Crippen LogP contribution in [0.5, 0.6) is 0 Å². The van der Waals surface area contributed by atoms with E-state index in [1.807, 2.05) is 0 Å². The van der Waals surface area contributed by atoms with Crippen LogP contribution in [0.4, 0.5) is 0 Å². The van der Waals surface area contributed by atoms with Crippen LogP contribution < -0.4 is 0 Å². The summed E-state index contributed by atoms with van der Waals surface area (Å²) in [7, 11) is 0. The van der Waals surface area contributed by atoms with Gasteiger partial charge in [0.15, 0.2) is 0 Å². The van der Waals surface area contributed by atoms with E-state index in [0.717, 1.165) is 0 Å². The minimum absolute atomic E-state index is 0.324. The summed E-state index contributed by atoms with van der Waals surface area (Å²) in [5.41, 5.74) is 2.23. The summed E-state index contributed by atoms with van der Waals surface area (Å²) in [6.45, 7) is 0.694. The molecular formula is C20H14O. The van der Waals surface area contributed by atoms with Gasteiger partial charge in [-0.1, -0.05) is 60.7 Å². The Morgan fingerprint density at radius 1 is 0.810 bits per heavy atom. The van der Waals surface area contributed by atoms with E-state index in [0.29, 0.717) is 6.61 Å². The van der Waals surface area contributed by atoms with Crippen LogP contribution in [0, 0.1) is 0 Å². The van der Waals surface area contributed by atoms with Crippen molar-refractivity contribution in [3.63, 3.8) is 0 Å². The van der Waals surface area contributed by atoms with E-state index in [4.69, 9.17) is 4.74 Å². The monoisotopic (exact) mass is 270 g/mol. The van der Waals surface area contributed by atoms with Crippen molar-refractivity contribution in [1.29, 1.82) is 0 Å². The van der Waals surface area contributed by atoms with E-state index in [1.165, 1.54) is 32.7 Å². The molecule has 1 nitrogen and oxygen atoms in total. The number of hydrogen-bond donors (Lipinski definition) is 0. The highest BCUT2D eigenvalue weighted by Crippen LogP contribution is 2.44. The normalized spacial score (nSPS) is 22.7. The molecule has 0 saturated carbocycles. The lowest BCUT2D eigenvalue weighted by atomic mass is 9.91. The highest BCUT2D eigenvalue weighted by molar-refractivity contribution is 6.10. The summed E-state index contributed by atoms with van der Waals surface area (Å²) >= 11 is 0. The fraction of sp³-hybridized carbons (Fsp3) is 0.100. The quantitative estimate of drug-likeness (QED) is 0.421. The van der Waals surface area contributed by atoms with Gasteiger partial charge in [0.1, 0.15) is 5.60 Å². The van der Waals surface area contributed by atoms with Crippen LogP contribution in [0.2, 0.25) is 0 Å². The molecule has 1 atom stereocenters. The van der Waals surface area contributed by atoms with Gasteiger partial charge in [-0.25, -0.2) is 0 Å². The lowest BCUT2D eigenvalue weighted by Gasteiger charge is -2.22. The molecule has 0 radical (unpaired) electrons. The Balaban J connectivity index is 1.89. The predicted molar refractivity (Wildman–Crippen MR) is 87.3 cm³/mol. The molecule has 1 heterocycles. The van der Waals surface area contributed by atoms with Crippen LogP contribution in [0.3, 0.4) is 0 Å². The molecule has 21 heavy (non-hydrogen) atoms. The highest BCUT2D eigenvalue weighted by Gasteiger charge is 2.36. The zero-order chi connectivity index (χ0) is 13.9. The van der Waals surface area contributed by atoms with Crippen molar-refractivity contribution in [3.8, 4) is 0 Å². The van der Waals surface area contributed by atoms with Gasteiger partial charge in [-0.2, -0.15) is 0 Å². The van der Waals surface area contributed by atoms with E-state index < -0.39 is 0 Å². The summed E-state index contributed by atoms with van der Waals surface area (Å²) in [6, 6.07) is 17.5. The standard InChI is InChI=1S/C20H14O/c1-2-5-15-14(4-1)6-7-17-16(15)8-9-19-18(17)10-12-20(19)11-3-13-21-20/h1-12H,13H2. The van der Waals surface area contributed by atoms with Gasteiger partial charge >= 0.3 is 0 Å². The van der Waals surface area contributed by atoms with Gasteiger partial charge in [-0.05, 0) is 44.8 Å². The molecule has 1 unspecified atom stereocenters. The minimum Gasteiger partial charge on any atom is -0.358 e. The molecule has 0 fully saturated rings. The second kappa shape index (κ2) is 3.84. The number of rotatable bonds is 0. The molecule has 100 valence electrons. The lowest BCUT2D eigenvalue weighted by molar-refractivity contribution is 0.0665. The Kier molecular flexibility index (Phi) is 2.06. The maximum absolute atomic E-state index is 5.97. The SMILES string of the molecule is C1=CC2(C=Cc3c2ccc2c3ccc3ccccc32)OC1. The topological polar surface area (TPSA) is 9.23 Å². The third kappa shape index (κ3) is 1.39. The van der Waals surface area contributed by atoms with Gasteiger partial charge in [0.05, 0.1) is 6.61 Å². The Morgan fingerprint density at radius 3 is 2.62 bits per heavy atom. The van der Waals surface area contributed by atoms with E-state index in [2.05, 4.69) is 72.8 Å². The first-order valence-electron chi connectivity index (χ1n) is 7.33. The number of ether oxygens (including phenoxy) is 1. The molecule has 3 aromatic carbocycles. The maximum Gasteiger partial charge on any atom is 0.131 e. The third-order valence-corrected chi connectivity index (χ3v) is 4.67. The smallest absolute Gasteiger partial charge is 0.131 e. The van der Waals surface area contributed by atoms with Crippen LogP contribution in [0.15, 0.2) is 66.8 Å². The number of fused-ring (bicyclic) bond motifs is 6. The molecule has 5 rings (SSSR count). The fourth-order valence-corrected chi connectivity index (χ4v) is 3.66. The molecule has 0 N–H and O–H groups in total. The van der Waals surface area contributed by atoms with Crippen molar-refractivity contribution in [2.45, 2.75) is 5.60 Å². The van der Waals surface area contributed by atoms with Gasteiger partial charge in [-0.3, -0.25) is 0 Å². The zero-order valence-corrected chi connectivity index (χ0v) is 11.5. The average Bonchev–Trinajstić information content (AvgIpc) is 3.16. The third-order valence-electron chi connectivity index (χ3n) is 4.67. The molecular weight excluding hydrogens is 256 g/mol. The first kappa shape index (κ1) is 11.3. The molecule has 1 aliphatic heterocycles. The Bertz CT molecular complexity index is 949. The summed E-state index contributed by atoms with van der Waals surface area (Å²) in [5.74, 6) is 0. The van der Waals surface area contributed by atoms with Crippen LogP contribution >= 0.6 is 0 Å². The van der Waals surface area contributed by atoms with Crippen molar-refractivity contribution in [3.05, 3.63) is 77.9 Å². The molecule has 0 aromatic heterocycles. The van der Waals surface area contributed by atoms with E-state index >= 15 is 0 Å². The highest BCUT2D eigenvalue weighted by atomic mass is 16.5. The molecule has 0 bridgehead atoms. The first-order valence-corrected chi connectivity index (χ1v) is 7.33. The van der Waals surface area contributed by atoms with E-state index in [9.17, 15) is 0 Å². The summed E-state index contributed by atoms with van der Waals surface area (Å²) in [4.78, 5) is 0. The Labute approximate surface area is 123 Å². The zero-order valence-electron chi connectivity index (χ0n) is 11.5. The second-order valence-corrected chi connectivity index (χ2v) is 5.75. The Morgan fingerprint density at radius 2 is 1.71 bits per heavy atom. The summed E-state index contributed by atoms with van der Waals surface area (Å²) in [5, 5.41) is 5.23. The molecule has 3 aromatic rings. The summed E-state index contributed by atoms with van der Waals surface area (Å²) < 4.78 is 5.97. The van der Waals surface area contributed by atoms with Gasteiger partial charge in [-0.15, -0.1) is 0 Å². The molecule has 1 aliphatic carbocycles. The van der Waals surface area contributed by atoms with Crippen molar-refractivity contribution >= 4 is 27.6 Å². The number of hydrogen-bond acceptors (Lipinski definition) is 1. The molecule has 2 aliphatic rings. The van der Waals surface area contributed by atoms with Gasteiger partial charge in [0.25, 0.3) is 0 Å². The van der Waals surface area contributed by atoms with Crippen LogP contribution in [0.1, 0.15) is 11.1 Å². The summed E-state index contributed by atoms with van der Waals surface area (Å²) in [6.07, 6.45) is 8.66. The maximum atomic E-state index is 5.97. The molecule has 1 spiro atoms. The largest absolute Gasteiger partial charge is 0.358 e. The molecule has 0 saturated heterocycles. The van der Waals surface area contributed by atoms with Crippen LogP contribution in [-0.2, 0) is 10.3 Å². The molecule has 1 heteroatoms. The van der Waals surface area contributed by atoms with Crippen molar-refractivity contribution in [2.75, 3.05) is 6.61 Å². The minimum atomic E-state index is -0.324. The van der Waals surface area contributed by atoms with E-state index in [-0.39, 0.29) is 5.60 Å². The van der Waals surface area contributed by atoms with Gasteiger partial charge < -0.3 is 4.74 Å². The number of benzene rings is 3.